The number of aryl methyl sites for hydroxylation is 1. The van der Waals surface area contributed by atoms with E-state index in [-0.39, 0.29) is 0 Å². The van der Waals surface area contributed by atoms with Crippen LogP contribution in [0.5, 0.6) is 0 Å². The van der Waals surface area contributed by atoms with Gasteiger partial charge in [0.15, 0.2) is 0 Å². The van der Waals surface area contributed by atoms with E-state index in [0.717, 1.165) is 36.6 Å². The second kappa shape index (κ2) is 5.89. The van der Waals surface area contributed by atoms with Crippen LogP contribution in [0.25, 0.3) is 0 Å². The zero-order valence-electron chi connectivity index (χ0n) is 11.1. The maximum Gasteiger partial charge on any atom is 0.117 e. The Morgan fingerprint density at radius 1 is 0.944 bits per heavy atom. The first-order valence-corrected chi connectivity index (χ1v) is 7.44. The number of nitrogens with one attached hydrogen (secondary N) is 2. The van der Waals surface area contributed by atoms with Crippen molar-refractivity contribution >= 4 is 0 Å². The summed E-state index contributed by atoms with van der Waals surface area (Å²) in [4.78, 5) is 0. The maximum atomic E-state index is 5.82. The molecule has 1 heterocycles. The minimum absolute atomic E-state index is 0.757. The first-order valence-electron chi connectivity index (χ1n) is 7.44. The van der Waals surface area contributed by atoms with Gasteiger partial charge in [0.1, 0.15) is 11.5 Å². The Labute approximate surface area is 109 Å². The van der Waals surface area contributed by atoms with Crippen LogP contribution >= 0.6 is 0 Å². The van der Waals surface area contributed by atoms with Gasteiger partial charge < -0.3 is 15.1 Å². The predicted octanol–water partition coefficient (Wildman–Crippen LogP) is 2.61. The Kier molecular flexibility index (Phi) is 4.01. The average molecular weight is 248 g/mol. The Bertz CT molecular complexity index is 366. The van der Waals surface area contributed by atoms with E-state index >= 15 is 0 Å². The van der Waals surface area contributed by atoms with E-state index in [4.69, 9.17) is 4.42 Å². The molecule has 18 heavy (non-hydrogen) atoms. The molecule has 2 saturated carbocycles. The van der Waals surface area contributed by atoms with Crippen molar-refractivity contribution in [2.45, 2.75) is 63.6 Å². The minimum Gasteiger partial charge on any atom is -0.465 e. The molecule has 3 nitrogen and oxygen atoms in total. The molecule has 0 atom stereocenters. The molecule has 2 fully saturated rings. The lowest BCUT2D eigenvalue weighted by atomic mass is 10.2. The summed E-state index contributed by atoms with van der Waals surface area (Å²) in [5.41, 5.74) is 0. The average Bonchev–Trinajstić information content (AvgIpc) is 3.28. The van der Waals surface area contributed by atoms with Crippen molar-refractivity contribution in [3.63, 3.8) is 0 Å². The van der Waals surface area contributed by atoms with Crippen LogP contribution in [0.4, 0.5) is 0 Å². The van der Waals surface area contributed by atoms with E-state index in [9.17, 15) is 0 Å². The van der Waals surface area contributed by atoms with Gasteiger partial charge in [-0.15, -0.1) is 0 Å². The fourth-order valence-corrected chi connectivity index (χ4v) is 2.20. The summed E-state index contributed by atoms with van der Waals surface area (Å²) in [5, 5.41) is 7.03. The van der Waals surface area contributed by atoms with Crippen molar-refractivity contribution in [1.29, 1.82) is 0 Å². The van der Waals surface area contributed by atoms with Gasteiger partial charge in [-0.25, -0.2) is 0 Å². The molecule has 0 unspecified atom stereocenters. The number of hydrogen-bond donors (Lipinski definition) is 2. The Morgan fingerprint density at radius 3 is 2.44 bits per heavy atom. The fourth-order valence-electron chi connectivity index (χ4n) is 2.20. The maximum absolute atomic E-state index is 5.82. The molecule has 0 spiro atoms. The minimum atomic E-state index is 0.757. The molecule has 0 bridgehead atoms. The van der Waals surface area contributed by atoms with Gasteiger partial charge in [-0.2, -0.15) is 0 Å². The molecule has 0 aliphatic heterocycles. The lowest BCUT2D eigenvalue weighted by Crippen LogP contribution is -2.17. The first-order chi connectivity index (χ1) is 8.90. The molecule has 2 aliphatic carbocycles. The van der Waals surface area contributed by atoms with Crippen LogP contribution in [0.3, 0.4) is 0 Å². The van der Waals surface area contributed by atoms with Gasteiger partial charge in [-0.3, -0.25) is 0 Å². The SMILES string of the molecule is c1cc(CNC2CC2)oc1CCCCNC1CC1. The van der Waals surface area contributed by atoms with E-state index in [1.54, 1.807) is 0 Å². The van der Waals surface area contributed by atoms with Gasteiger partial charge in [0.25, 0.3) is 0 Å². The van der Waals surface area contributed by atoms with Crippen LogP contribution in [0.2, 0.25) is 0 Å². The van der Waals surface area contributed by atoms with Gasteiger partial charge in [-0.1, -0.05) is 0 Å². The molecule has 0 aromatic carbocycles. The van der Waals surface area contributed by atoms with Gasteiger partial charge in [-0.05, 0) is 57.2 Å². The lowest BCUT2D eigenvalue weighted by Gasteiger charge is -2.01. The number of unbranched alkanes of at least 4 members (excludes halogenated alkanes) is 1. The molecular formula is C15H24N2O. The Balaban J connectivity index is 1.28. The van der Waals surface area contributed by atoms with Crippen molar-refractivity contribution in [3.8, 4) is 0 Å². The molecule has 3 heteroatoms. The highest BCUT2D eigenvalue weighted by atomic mass is 16.3. The first kappa shape index (κ1) is 12.2. The van der Waals surface area contributed by atoms with E-state index in [2.05, 4.69) is 22.8 Å². The molecule has 0 saturated heterocycles. The van der Waals surface area contributed by atoms with Crippen molar-refractivity contribution in [1.82, 2.24) is 10.6 Å². The summed E-state index contributed by atoms with van der Waals surface area (Å²) in [7, 11) is 0. The third-order valence-corrected chi connectivity index (χ3v) is 3.72. The Hall–Kier alpha value is -0.800. The van der Waals surface area contributed by atoms with Gasteiger partial charge in [0, 0.05) is 18.5 Å². The molecule has 0 amide bonds. The van der Waals surface area contributed by atoms with E-state index in [1.807, 2.05) is 0 Å². The fraction of sp³-hybridized carbons (Fsp3) is 0.733. The van der Waals surface area contributed by atoms with E-state index in [0.29, 0.717) is 0 Å². The zero-order valence-corrected chi connectivity index (χ0v) is 11.1. The third kappa shape index (κ3) is 4.14. The monoisotopic (exact) mass is 248 g/mol. The van der Waals surface area contributed by atoms with Crippen LogP contribution in [-0.4, -0.2) is 18.6 Å². The molecule has 1 aromatic rings. The van der Waals surface area contributed by atoms with Gasteiger partial charge in [0.05, 0.1) is 6.54 Å². The van der Waals surface area contributed by atoms with E-state index in [1.165, 1.54) is 45.1 Å². The predicted molar refractivity (Wildman–Crippen MR) is 72.5 cm³/mol. The van der Waals surface area contributed by atoms with Crippen LogP contribution in [-0.2, 0) is 13.0 Å². The molecule has 1 aromatic heterocycles. The topological polar surface area (TPSA) is 37.2 Å². The molecule has 3 rings (SSSR count). The summed E-state index contributed by atoms with van der Waals surface area (Å²) in [6.45, 7) is 2.06. The molecule has 2 N–H and O–H groups in total. The Morgan fingerprint density at radius 2 is 1.67 bits per heavy atom. The second-order valence-corrected chi connectivity index (χ2v) is 5.71. The zero-order chi connectivity index (χ0) is 12.2. The van der Waals surface area contributed by atoms with Crippen LogP contribution in [0.1, 0.15) is 50.0 Å². The van der Waals surface area contributed by atoms with Crippen molar-refractivity contribution in [2.75, 3.05) is 6.54 Å². The standard InChI is InChI=1S/C15H24N2O/c1(2-10-16-12-4-5-12)3-14-8-9-15(18-14)11-17-13-6-7-13/h8-9,12-13,16-17H,1-7,10-11H2. The van der Waals surface area contributed by atoms with Gasteiger partial charge >= 0.3 is 0 Å². The highest BCUT2D eigenvalue weighted by molar-refractivity contribution is 5.07. The summed E-state index contributed by atoms with van der Waals surface area (Å²) in [6, 6.07) is 5.85. The quantitative estimate of drug-likeness (QED) is 0.660. The van der Waals surface area contributed by atoms with Crippen molar-refractivity contribution < 1.29 is 4.42 Å². The molecule has 2 aliphatic rings. The van der Waals surface area contributed by atoms with Gasteiger partial charge in [0.2, 0.25) is 0 Å². The summed E-state index contributed by atoms with van der Waals surface area (Å²) < 4.78 is 5.82. The molecule has 0 radical (unpaired) electrons. The smallest absolute Gasteiger partial charge is 0.117 e. The second-order valence-electron chi connectivity index (χ2n) is 5.71. The summed E-state index contributed by atoms with van der Waals surface area (Å²) >= 11 is 0. The van der Waals surface area contributed by atoms with Crippen LogP contribution in [0, 0.1) is 0 Å². The normalized spacial score (nSPS) is 19.3. The van der Waals surface area contributed by atoms with Crippen molar-refractivity contribution in [3.05, 3.63) is 23.7 Å². The molecular weight excluding hydrogens is 224 g/mol. The number of rotatable bonds is 9. The third-order valence-electron chi connectivity index (χ3n) is 3.72. The van der Waals surface area contributed by atoms with Crippen LogP contribution < -0.4 is 10.6 Å². The van der Waals surface area contributed by atoms with Crippen LogP contribution in [0.15, 0.2) is 16.5 Å². The summed E-state index contributed by atoms with van der Waals surface area (Å²) in [6.07, 6.45) is 9.00. The largest absolute Gasteiger partial charge is 0.465 e. The highest BCUT2D eigenvalue weighted by Crippen LogP contribution is 2.20. The lowest BCUT2D eigenvalue weighted by molar-refractivity contribution is 0.439. The summed E-state index contributed by atoms with van der Waals surface area (Å²) in [5.74, 6) is 2.24. The van der Waals surface area contributed by atoms with E-state index < -0.39 is 0 Å². The van der Waals surface area contributed by atoms with Crippen molar-refractivity contribution in [2.24, 2.45) is 0 Å². The highest BCUT2D eigenvalue weighted by Gasteiger charge is 2.20. The number of hydrogen-bond acceptors (Lipinski definition) is 3. The molecule has 100 valence electrons. The number of furan rings is 1.